The number of hydrogen-bond acceptors (Lipinski definition) is 3. The van der Waals surface area contributed by atoms with Gasteiger partial charge in [0.05, 0.1) is 17.5 Å². The van der Waals surface area contributed by atoms with Gasteiger partial charge < -0.3 is 4.79 Å². The van der Waals surface area contributed by atoms with Crippen molar-refractivity contribution in [3.8, 4) is 0 Å². The van der Waals surface area contributed by atoms with Crippen LogP contribution < -0.4 is 0 Å². The van der Waals surface area contributed by atoms with Gasteiger partial charge in [0.1, 0.15) is 6.29 Å². The third-order valence-electron chi connectivity index (χ3n) is 3.46. The molecular formula is C17H15F2NO2. The third kappa shape index (κ3) is 3.61. The Morgan fingerprint density at radius 2 is 2.00 bits per heavy atom. The number of aromatic nitrogens is 1. The lowest BCUT2D eigenvalue weighted by molar-refractivity contribution is -0.127. The number of carbonyl (C=O) groups is 2. The van der Waals surface area contributed by atoms with E-state index in [-0.39, 0.29) is 12.2 Å². The Hall–Kier alpha value is -2.43. The van der Waals surface area contributed by atoms with Crippen LogP contribution in [0.4, 0.5) is 8.78 Å². The van der Waals surface area contributed by atoms with Crippen LogP contribution >= 0.6 is 0 Å². The summed E-state index contributed by atoms with van der Waals surface area (Å²) < 4.78 is 26.3. The van der Waals surface area contributed by atoms with Crippen LogP contribution in [0.15, 0.2) is 42.6 Å². The zero-order valence-corrected chi connectivity index (χ0v) is 12.0. The van der Waals surface area contributed by atoms with Crippen LogP contribution in [0.3, 0.4) is 0 Å². The van der Waals surface area contributed by atoms with Crippen LogP contribution in [-0.2, 0) is 16.0 Å². The van der Waals surface area contributed by atoms with Gasteiger partial charge in [0.15, 0.2) is 17.4 Å². The van der Waals surface area contributed by atoms with Crippen LogP contribution in [0.1, 0.15) is 24.1 Å². The van der Waals surface area contributed by atoms with Gasteiger partial charge in [-0.05, 0) is 43.2 Å². The number of halogens is 2. The Balaban J connectivity index is 2.34. The van der Waals surface area contributed by atoms with Gasteiger partial charge in [-0.2, -0.15) is 0 Å². The fourth-order valence-electron chi connectivity index (χ4n) is 2.22. The van der Waals surface area contributed by atoms with Gasteiger partial charge >= 0.3 is 0 Å². The van der Waals surface area contributed by atoms with E-state index in [2.05, 4.69) is 4.98 Å². The van der Waals surface area contributed by atoms with Crippen molar-refractivity contribution in [1.82, 2.24) is 4.98 Å². The van der Waals surface area contributed by atoms with Crippen LogP contribution in [0.25, 0.3) is 0 Å². The lowest BCUT2D eigenvalue weighted by atomic mass is 9.86. The molecule has 0 radical (unpaired) electrons. The summed E-state index contributed by atoms with van der Waals surface area (Å²) in [7, 11) is 0. The normalized spacial score (nSPS) is 13.4. The SMILES string of the molecule is CC(C=O)C(=O)C(Cc1ccc(F)c(F)c1)c1ccccn1. The zero-order chi connectivity index (χ0) is 16.1. The third-order valence-corrected chi connectivity index (χ3v) is 3.46. The molecule has 0 spiro atoms. The zero-order valence-electron chi connectivity index (χ0n) is 12.0. The molecule has 0 aliphatic heterocycles. The molecule has 2 unspecified atom stereocenters. The van der Waals surface area contributed by atoms with E-state index in [4.69, 9.17) is 0 Å². The minimum atomic E-state index is -0.965. The number of nitrogens with zero attached hydrogens (tertiary/aromatic N) is 1. The number of Topliss-reactive ketones (excluding diaryl/α,β-unsaturated/α-hetero) is 1. The first kappa shape index (κ1) is 15.9. The molecule has 0 saturated carbocycles. The van der Waals surface area contributed by atoms with Crippen molar-refractivity contribution < 1.29 is 18.4 Å². The second-order valence-electron chi connectivity index (χ2n) is 5.09. The van der Waals surface area contributed by atoms with Crippen molar-refractivity contribution >= 4 is 12.1 Å². The number of hydrogen-bond donors (Lipinski definition) is 0. The highest BCUT2D eigenvalue weighted by atomic mass is 19.2. The lowest BCUT2D eigenvalue weighted by Gasteiger charge is -2.17. The highest BCUT2D eigenvalue weighted by molar-refractivity contribution is 5.97. The van der Waals surface area contributed by atoms with Crippen molar-refractivity contribution in [2.75, 3.05) is 0 Å². The van der Waals surface area contributed by atoms with Crippen LogP contribution in [0, 0.1) is 17.6 Å². The highest BCUT2D eigenvalue weighted by Gasteiger charge is 2.26. The fourth-order valence-corrected chi connectivity index (χ4v) is 2.22. The first-order chi connectivity index (χ1) is 10.5. The second kappa shape index (κ2) is 7.02. The standard InChI is InChI=1S/C17H15F2NO2/c1-11(10-21)17(22)13(16-4-2-3-7-20-16)8-12-5-6-14(18)15(19)9-12/h2-7,9-11,13H,8H2,1H3. The van der Waals surface area contributed by atoms with Gasteiger partial charge in [-0.1, -0.05) is 12.1 Å². The van der Waals surface area contributed by atoms with Gasteiger partial charge in [-0.3, -0.25) is 9.78 Å². The molecular weight excluding hydrogens is 288 g/mol. The molecule has 0 amide bonds. The molecule has 2 atom stereocenters. The van der Waals surface area contributed by atoms with Crippen molar-refractivity contribution in [3.05, 3.63) is 65.5 Å². The number of pyridine rings is 1. The summed E-state index contributed by atoms with van der Waals surface area (Å²) in [4.78, 5) is 27.4. The summed E-state index contributed by atoms with van der Waals surface area (Å²) in [6.07, 6.45) is 2.28. The largest absolute Gasteiger partial charge is 0.303 e. The molecule has 1 aromatic carbocycles. The summed E-state index contributed by atoms with van der Waals surface area (Å²) in [5, 5.41) is 0. The second-order valence-corrected chi connectivity index (χ2v) is 5.09. The molecule has 0 aliphatic rings. The number of ketones is 1. The van der Waals surface area contributed by atoms with E-state index in [9.17, 15) is 18.4 Å². The molecule has 22 heavy (non-hydrogen) atoms. The van der Waals surface area contributed by atoms with Crippen molar-refractivity contribution in [2.45, 2.75) is 19.3 Å². The molecule has 0 saturated heterocycles. The van der Waals surface area contributed by atoms with E-state index in [0.717, 1.165) is 12.1 Å². The molecule has 114 valence electrons. The smallest absolute Gasteiger partial charge is 0.159 e. The van der Waals surface area contributed by atoms with Gasteiger partial charge in [0, 0.05) is 6.20 Å². The Morgan fingerprint density at radius 1 is 1.23 bits per heavy atom. The first-order valence-corrected chi connectivity index (χ1v) is 6.86. The molecule has 5 heteroatoms. The topological polar surface area (TPSA) is 47.0 Å². The highest BCUT2D eigenvalue weighted by Crippen LogP contribution is 2.24. The average Bonchev–Trinajstić information content (AvgIpc) is 2.55. The van der Waals surface area contributed by atoms with E-state index in [1.807, 2.05) is 0 Å². The Bertz CT molecular complexity index is 674. The Morgan fingerprint density at radius 3 is 2.59 bits per heavy atom. The van der Waals surface area contributed by atoms with Crippen LogP contribution in [-0.4, -0.2) is 17.1 Å². The van der Waals surface area contributed by atoms with Gasteiger partial charge in [0.2, 0.25) is 0 Å². The molecule has 1 heterocycles. The van der Waals surface area contributed by atoms with Crippen molar-refractivity contribution in [2.24, 2.45) is 5.92 Å². The van der Waals surface area contributed by atoms with Crippen molar-refractivity contribution in [3.63, 3.8) is 0 Å². The monoisotopic (exact) mass is 303 g/mol. The van der Waals surface area contributed by atoms with E-state index in [1.165, 1.54) is 13.0 Å². The van der Waals surface area contributed by atoms with E-state index in [1.54, 1.807) is 24.4 Å². The number of carbonyl (C=O) groups excluding carboxylic acids is 2. The van der Waals surface area contributed by atoms with Crippen LogP contribution in [0.2, 0.25) is 0 Å². The molecule has 2 aromatic rings. The van der Waals surface area contributed by atoms with Crippen LogP contribution in [0.5, 0.6) is 0 Å². The first-order valence-electron chi connectivity index (χ1n) is 6.86. The number of benzene rings is 1. The van der Waals surface area contributed by atoms with Gasteiger partial charge in [-0.25, -0.2) is 8.78 Å². The molecule has 3 nitrogen and oxygen atoms in total. The predicted octanol–water partition coefficient (Wildman–Crippen LogP) is 3.09. The number of rotatable bonds is 6. The van der Waals surface area contributed by atoms with E-state index in [0.29, 0.717) is 17.5 Å². The molecule has 2 rings (SSSR count). The van der Waals surface area contributed by atoms with Gasteiger partial charge in [0.25, 0.3) is 0 Å². The maximum Gasteiger partial charge on any atom is 0.159 e. The lowest BCUT2D eigenvalue weighted by Crippen LogP contribution is -2.23. The maximum absolute atomic E-state index is 13.3. The summed E-state index contributed by atoms with van der Waals surface area (Å²) in [6.45, 7) is 1.51. The quantitative estimate of drug-likeness (QED) is 0.608. The molecule has 0 N–H and O–H groups in total. The van der Waals surface area contributed by atoms with Gasteiger partial charge in [-0.15, -0.1) is 0 Å². The summed E-state index contributed by atoms with van der Waals surface area (Å²) in [5.74, 6) is -3.65. The number of aldehydes is 1. The molecule has 0 bridgehead atoms. The van der Waals surface area contributed by atoms with E-state index >= 15 is 0 Å². The van der Waals surface area contributed by atoms with Crippen molar-refractivity contribution in [1.29, 1.82) is 0 Å². The Kier molecular flexibility index (Phi) is 5.09. The average molecular weight is 303 g/mol. The fraction of sp³-hybridized carbons (Fsp3) is 0.235. The molecule has 1 aromatic heterocycles. The maximum atomic E-state index is 13.3. The Labute approximate surface area is 127 Å². The molecule has 0 fully saturated rings. The summed E-state index contributed by atoms with van der Waals surface area (Å²) >= 11 is 0. The minimum absolute atomic E-state index is 0.158. The van der Waals surface area contributed by atoms with E-state index < -0.39 is 23.5 Å². The minimum Gasteiger partial charge on any atom is -0.303 e. The summed E-state index contributed by atoms with van der Waals surface area (Å²) in [5.41, 5.74) is 0.979. The molecule has 0 aliphatic carbocycles. The predicted molar refractivity (Wildman–Crippen MR) is 77.3 cm³/mol. The summed E-state index contributed by atoms with van der Waals surface area (Å²) in [6, 6.07) is 8.64.